The molecule has 2 heterocycles. The highest BCUT2D eigenvalue weighted by atomic mass is 35.5. The van der Waals surface area contributed by atoms with E-state index in [-0.39, 0.29) is 5.60 Å². The van der Waals surface area contributed by atoms with Gasteiger partial charge in [0.05, 0.1) is 16.2 Å². The van der Waals surface area contributed by atoms with Crippen LogP contribution in [-0.4, -0.2) is 29.1 Å². The predicted octanol–water partition coefficient (Wildman–Crippen LogP) is 3.13. The van der Waals surface area contributed by atoms with Crippen LogP contribution in [0.3, 0.4) is 0 Å². The van der Waals surface area contributed by atoms with E-state index in [2.05, 4.69) is 10.3 Å². The van der Waals surface area contributed by atoms with Gasteiger partial charge in [0.1, 0.15) is 5.82 Å². The first kappa shape index (κ1) is 15.6. The molecule has 1 aromatic heterocycles. The van der Waals surface area contributed by atoms with Crippen LogP contribution in [0.5, 0.6) is 0 Å². The number of carbonyl (C=O) groups excluding carboxylic acids is 1. The number of nitrogens with two attached hydrogens (primary N) is 1. The second-order valence-electron chi connectivity index (χ2n) is 6.34. The Morgan fingerprint density at radius 2 is 2.18 bits per heavy atom. The molecular weight excluding hydrogens is 302 g/mol. The topological polar surface area (TPSA) is 77.2 Å². The van der Waals surface area contributed by atoms with Gasteiger partial charge in [0.2, 0.25) is 5.91 Å². The van der Waals surface area contributed by atoms with Crippen molar-refractivity contribution in [2.75, 3.05) is 11.9 Å². The molecule has 3 N–H and O–H groups in total. The van der Waals surface area contributed by atoms with Crippen LogP contribution < -0.4 is 11.1 Å². The number of halogens is 1. The van der Waals surface area contributed by atoms with Gasteiger partial charge in [0.25, 0.3) is 0 Å². The molecule has 1 aromatic rings. The maximum Gasteiger partial charge on any atom is 0.250 e. The van der Waals surface area contributed by atoms with Crippen molar-refractivity contribution in [3.63, 3.8) is 0 Å². The van der Waals surface area contributed by atoms with Crippen molar-refractivity contribution in [1.82, 2.24) is 4.98 Å². The molecule has 0 aromatic carbocycles. The number of rotatable bonds is 3. The predicted molar refractivity (Wildman–Crippen MR) is 86.2 cm³/mol. The van der Waals surface area contributed by atoms with Gasteiger partial charge in [-0.15, -0.1) is 0 Å². The Bertz CT molecular complexity index is 553. The molecule has 1 unspecified atom stereocenters. The van der Waals surface area contributed by atoms with E-state index >= 15 is 0 Å². The van der Waals surface area contributed by atoms with Crippen LogP contribution in [0.15, 0.2) is 12.3 Å². The van der Waals surface area contributed by atoms with E-state index < -0.39 is 5.91 Å². The molecule has 1 saturated carbocycles. The van der Waals surface area contributed by atoms with Crippen molar-refractivity contribution in [3.8, 4) is 0 Å². The molecule has 1 aliphatic carbocycles. The first-order valence-corrected chi connectivity index (χ1v) is 8.32. The number of nitrogens with one attached hydrogen (secondary N) is 1. The van der Waals surface area contributed by atoms with Crippen LogP contribution in [0, 0.1) is 0 Å². The zero-order chi connectivity index (χ0) is 15.6. The highest BCUT2D eigenvalue weighted by Gasteiger charge is 2.38. The highest BCUT2D eigenvalue weighted by Crippen LogP contribution is 2.39. The summed E-state index contributed by atoms with van der Waals surface area (Å²) in [6.07, 6.45) is 9.50. The molecule has 6 heteroatoms. The molecule has 2 fully saturated rings. The summed E-state index contributed by atoms with van der Waals surface area (Å²) in [6, 6.07) is 1.87. The van der Waals surface area contributed by atoms with E-state index in [0.717, 1.165) is 32.3 Å². The number of nitrogens with zero attached hydrogens (tertiary/aromatic N) is 1. The van der Waals surface area contributed by atoms with E-state index in [9.17, 15) is 4.79 Å². The van der Waals surface area contributed by atoms with Gasteiger partial charge in [0.15, 0.2) is 0 Å². The maximum absolute atomic E-state index is 11.1. The lowest BCUT2D eigenvalue weighted by atomic mass is 9.78. The summed E-state index contributed by atoms with van der Waals surface area (Å²) in [7, 11) is 0. The molecule has 120 valence electrons. The Hall–Kier alpha value is -1.33. The summed E-state index contributed by atoms with van der Waals surface area (Å²) in [4.78, 5) is 15.4. The van der Waals surface area contributed by atoms with Gasteiger partial charge in [-0.3, -0.25) is 4.79 Å². The summed E-state index contributed by atoms with van der Waals surface area (Å²) < 4.78 is 6.10. The highest BCUT2D eigenvalue weighted by molar-refractivity contribution is 6.33. The van der Waals surface area contributed by atoms with Crippen molar-refractivity contribution in [2.45, 2.75) is 56.6 Å². The fourth-order valence-electron chi connectivity index (χ4n) is 3.57. The smallest absolute Gasteiger partial charge is 0.250 e. The van der Waals surface area contributed by atoms with Crippen molar-refractivity contribution in [1.29, 1.82) is 0 Å². The molecule has 1 aliphatic heterocycles. The van der Waals surface area contributed by atoms with Gasteiger partial charge in [0, 0.05) is 18.8 Å². The van der Waals surface area contributed by atoms with Crippen LogP contribution in [0.1, 0.15) is 55.3 Å². The number of carbonyl (C=O) groups is 1. The third-order valence-corrected chi connectivity index (χ3v) is 5.01. The molecular formula is C16H22ClN3O2. The Labute approximate surface area is 135 Å². The lowest BCUT2D eigenvalue weighted by molar-refractivity contribution is -0.103. The molecule has 22 heavy (non-hydrogen) atoms. The van der Waals surface area contributed by atoms with E-state index in [1.165, 1.54) is 25.5 Å². The summed E-state index contributed by atoms with van der Waals surface area (Å²) in [6.45, 7) is 0.772. The van der Waals surface area contributed by atoms with Crippen molar-refractivity contribution in [3.05, 3.63) is 22.8 Å². The quantitative estimate of drug-likeness (QED) is 0.896. The lowest BCUT2D eigenvalue weighted by Gasteiger charge is -2.43. The Morgan fingerprint density at radius 3 is 2.86 bits per heavy atom. The number of hydrogen-bond acceptors (Lipinski definition) is 4. The monoisotopic (exact) mass is 323 g/mol. The number of pyridine rings is 1. The fourth-order valence-corrected chi connectivity index (χ4v) is 3.79. The molecule has 0 bridgehead atoms. The van der Waals surface area contributed by atoms with Crippen LogP contribution >= 0.6 is 11.6 Å². The number of hydrogen-bond donors (Lipinski definition) is 2. The average molecular weight is 324 g/mol. The maximum atomic E-state index is 11.1. The largest absolute Gasteiger partial charge is 0.375 e. The van der Waals surface area contributed by atoms with Crippen LogP contribution in [0.2, 0.25) is 5.02 Å². The third kappa shape index (κ3) is 3.36. The molecule has 0 radical (unpaired) electrons. The van der Waals surface area contributed by atoms with E-state index in [0.29, 0.717) is 22.4 Å². The van der Waals surface area contributed by atoms with Crippen molar-refractivity contribution >= 4 is 23.3 Å². The normalized spacial score (nSPS) is 24.1. The van der Waals surface area contributed by atoms with Gasteiger partial charge < -0.3 is 15.8 Å². The van der Waals surface area contributed by atoms with Gasteiger partial charge in [-0.2, -0.15) is 0 Å². The molecule has 3 rings (SSSR count). The molecule has 1 spiro atoms. The first-order valence-electron chi connectivity index (χ1n) is 7.94. The van der Waals surface area contributed by atoms with Gasteiger partial charge in [-0.1, -0.05) is 30.9 Å². The minimum atomic E-state index is -0.520. The summed E-state index contributed by atoms with van der Waals surface area (Å²) in [5, 5.41) is 3.84. The molecule has 1 amide bonds. The fraction of sp³-hybridized carbons (Fsp3) is 0.625. The molecule has 5 nitrogen and oxygen atoms in total. The van der Waals surface area contributed by atoms with E-state index in [1.807, 2.05) is 0 Å². The lowest BCUT2D eigenvalue weighted by Crippen LogP contribution is -2.45. The molecule has 1 saturated heterocycles. The zero-order valence-electron chi connectivity index (χ0n) is 12.6. The second kappa shape index (κ2) is 6.42. The minimum absolute atomic E-state index is 0.0355. The standard InChI is InChI=1S/C16H22ClN3O2/c17-13-8-11(14(18)21)10-19-15(13)20-12-4-7-22-16(9-12)5-2-1-3-6-16/h8,10,12H,1-7,9H2,(H2,18,21)(H,19,20). The number of amides is 1. The minimum Gasteiger partial charge on any atom is -0.375 e. The van der Waals surface area contributed by atoms with Crippen LogP contribution in [0.25, 0.3) is 0 Å². The SMILES string of the molecule is NC(=O)c1cnc(NC2CCOC3(CCCCC3)C2)c(Cl)c1. The summed E-state index contributed by atoms with van der Waals surface area (Å²) in [5.74, 6) is 0.0951. The van der Waals surface area contributed by atoms with E-state index in [1.54, 1.807) is 6.07 Å². The number of ether oxygens (including phenoxy) is 1. The van der Waals surface area contributed by atoms with E-state index in [4.69, 9.17) is 22.1 Å². The Kier molecular flexibility index (Phi) is 4.54. The number of anilines is 1. The number of primary amides is 1. The van der Waals surface area contributed by atoms with Gasteiger partial charge in [-0.05, 0) is 31.7 Å². The summed E-state index contributed by atoms with van der Waals surface area (Å²) >= 11 is 6.21. The average Bonchev–Trinajstić information content (AvgIpc) is 2.50. The van der Waals surface area contributed by atoms with Crippen molar-refractivity contribution < 1.29 is 9.53 Å². The third-order valence-electron chi connectivity index (χ3n) is 4.72. The number of aromatic nitrogens is 1. The Morgan fingerprint density at radius 1 is 1.41 bits per heavy atom. The van der Waals surface area contributed by atoms with Gasteiger partial charge in [-0.25, -0.2) is 4.98 Å². The zero-order valence-corrected chi connectivity index (χ0v) is 13.4. The van der Waals surface area contributed by atoms with Crippen LogP contribution in [0.4, 0.5) is 5.82 Å². The molecule has 2 aliphatic rings. The Balaban J connectivity index is 1.69. The van der Waals surface area contributed by atoms with Gasteiger partial charge >= 0.3 is 0 Å². The second-order valence-corrected chi connectivity index (χ2v) is 6.75. The van der Waals surface area contributed by atoms with Crippen molar-refractivity contribution in [2.24, 2.45) is 5.73 Å². The van der Waals surface area contributed by atoms with Crippen LogP contribution in [-0.2, 0) is 4.74 Å². The summed E-state index contributed by atoms with van der Waals surface area (Å²) in [5.41, 5.74) is 5.60. The first-order chi connectivity index (χ1) is 10.6. The molecule has 1 atom stereocenters.